The van der Waals surface area contributed by atoms with Crippen LogP contribution in [0.4, 0.5) is 0 Å². The van der Waals surface area contributed by atoms with Crippen molar-refractivity contribution in [2.24, 2.45) is 0 Å². The minimum atomic E-state index is -0.870. The second-order valence-corrected chi connectivity index (χ2v) is 8.38. The van der Waals surface area contributed by atoms with Crippen LogP contribution in [0.25, 0.3) is 22.1 Å². The zero-order chi connectivity index (χ0) is 22.6. The molecule has 0 amide bonds. The normalized spacial score (nSPS) is 11.5. The Labute approximate surface area is 180 Å². The van der Waals surface area contributed by atoms with E-state index < -0.39 is 17.0 Å². The van der Waals surface area contributed by atoms with Gasteiger partial charge < -0.3 is 14.3 Å². The van der Waals surface area contributed by atoms with Gasteiger partial charge in [0.2, 0.25) is 0 Å². The maximum absolute atomic E-state index is 12.6. The first-order chi connectivity index (χ1) is 14.7. The highest BCUT2D eigenvalue weighted by Gasteiger charge is 2.22. The van der Waals surface area contributed by atoms with Gasteiger partial charge in [-0.15, -0.1) is 0 Å². The van der Waals surface area contributed by atoms with Crippen LogP contribution in [0.5, 0.6) is 5.75 Å². The van der Waals surface area contributed by atoms with E-state index in [2.05, 4.69) is 0 Å². The van der Waals surface area contributed by atoms with Gasteiger partial charge in [-0.2, -0.15) is 0 Å². The maximum Gasteiger partial charge on any atom is 0.351 e. The zero-order valence-corrected chi connectivity index (χ0v) is 17.9. The van der Waals surface area contributed by atoms with E-state index in [0.717, 1.165) is 5.56 Å². The molecule has 1 aromatic heterocycles. The SMILES string of the molecule is CC(C)(C)OC(=O)CCCCC(=O)c1c(O)c2cccc(-c3ccccc3)c2oc1=O. The van der Waals surface area contributed by atoms with Crippen molar-refractivity contribution in [3.63, 3.8) is 0 Å². The number of para-hydroxylation sites is 1. The smallest absolute Gasteiger partial charge is 0.351 e. The van der Waals surface area contributed by atoms with Crippen LogP contribution in [0.2, 0.25) is 0 Å². The van der Waals surface area contributed by atoms with E-state index in [0.29, 0.717) is 23.8 Å². The van der Waals surface area contributed by atoms with Gasteiger partial charge in [0.05, 0.1) is 5.39 Å². The van der Waals surface area contributed by atoms with Crippen LogP contribution in [0.1, 0.15) is 56.8 Å². The van der Waals surface area contributed by atoms with Crippen LogP contribution in [-0.2, 0) is 9.53 Å². The maximum atomic E-state index is 12.6. The summed E-state index contributed by atoms with van der Waals surface area (Å²) in [5, 5.41) is 11.0. The van der Waals surface area contributed by atoms with Crippen molar-refractivity contribution in [3.05, 3.63) is 64.5 Å². The fourth-order valence-electron chi connectivity index (χ4n) is 3.37. The molecular formula is C25H26O6. The summed E-state index contributed by atoms with van der Waals surface area (Å²) in [5.74, 6) is -1.22. The van der Waals surface area contributed by atoms with Crippen molar-refractivity contribution in [2.75, 3.05) is 0 Å². The minimum absolute atomic E-state index is 0.0188. The van der Waals surface area contributed by atoms with Gasteiger partial charge >= 0.3 is 11.6 Å². The first kappa shape index (κ1) is 22.3. The summed E-state index contributed by atoms with van der Waals surface area (Å²) in [4.78, 5) is 36.9. The molecule has 0 aliphatic rings. The average Bonchev–Trinajstić information content (AvgIpc) is 2.70. The molecule has 3 aromatic rings. The van der Waals surface area contributed by atoms with E-state index in [1.54, 1.807) is 39.0 Å². The molecule has 0 unspecified atom stereocenters. The largest absolute Gasteiger partial charge is 0.506 e. The van der Waals surface area contributed by atoms with Crippen LogP contribution in [0.15, 0.2) is 57.7 Å². The van der Waals surface area contributed by atoms with E-state index in [-0.39, 0.29) is 35.7 Å². The molecule has 0 radical (unpaired) electrons. The Morgan fingerprint density at radius 1 is 0.968 bits per heavy atom. The lowest BCUT2D eigenvalue weighted by molar-refractivity contribution is -0.154. The first-order valence-corrected chi connectivity index (χ1v) is 10.3. The van der Waals surface area contributed by atoms with Gasteiger partial charge in [0, 0.05) is 18.4 Å². The number of hydrogen-bond donors (Lipinski definition) is 1. The van der Waals surface area contributed by atoms with Gasteiger partial charge in [-0.1, -0.05) is 42.5 Å². The minimum Gasteiger partial charge on any atom is -0.506 e. The number of carbonyl (C=O) groups is 2. The van der Waals surface area contributed by atoms with Crippen molar-refractivity contribution in [2.45, 2.75) is 52.1 Å². The van der Waals surface area contributed by atoms with Crippen molar-refractivity contribution < 1.29 is 23.8 Å². The molecule has 0 spiro atoms. The lowest BCUT2D eigenvalue weighted by Gasteiger charge is -2.19. The van der Waals surface area contributed by atoms with Gasteiger partial charge in [-0.3, -0.25) is 9.59 Å². The third-order valence-corrected chi connectivity index (χ3v) is 4.72. The summed E-state index contributed by atoms with van der Waals surface area (Å²) in [6, 6.07) is 14.5. The third-order valence-electron chi connectivity index (χ3n) is 4.72. The number of hydrogen-bond acceptors (Lipinski definition) is 6. The standard InChI is InChI=1S/C25H26O6/c1-25(2,3)31-20(27)15-8-7-14-19(26)21-22(28)18-13-9-12-17(23(18)30-24(21)29)16-10-5-4-6-11-16/h4-6,9-13,28H,7-8,14-15H2,1-3H3. The monoisotopic (exact) mass is 422 g/mol. The lowest BCUT2D eigenvalue weighted by Crippen LogP contribution is -2.23. The second kappa shape index (κ2) is 9.16. The number of aromatic hydroxyl groups is 1. The Balaban J connectivity index is 1.78. The third kappa shape index (κ3) is 5.40. The summed E-state index contributed by atoms with van der Waals surface area (Å²) in [6.07, 6.45) is 1.03. The Morgan fingerprint density at radius 3 is 2.32 bits per heavy atom. The number of carbonyl (C=O) groups excluding carboxylic acids is 2. The zero-order valence-electron chi connectivity index (χ0n) is 17.9. The fraction of sp³-hybridized carbons (Fsp3) is 0.320. The number of Topliss-reactive ketones (excluding diaryl/α,β-unsaturated/α-hetero) is 1. The predicted molar refractivity (Wildman–Crippen MR) is 118 cm³/mol. The lowest BCUT2D eigenvalue weighted by atomic mass is 9.99. The Morgan fingerprint density at radius 2 is 1.65 bits per heavy atom. The molecule has 1 N–H and O–H groups in total. The molecule has 3 rings (SSSR count). The Kier molecular flexibility index (Phi) is 6.59. The molecule has 6 nitrogen and oxygen atoms in total. The van der Waals surface area contributed by atoms with E-state index in [1.165, 1.54) is 0 Å². The van der Waals surface area contributed by atoms with E-state index >= 15 is 0 Å². The van der Waals surface area contributed by atoms with Crippen LogP contribution in [0, 0.1) is 0 Å². The molecule has 1 heterocycles. The van der Waals surface area contributed by atoms with Crippen molar-refractivity contribution in [3.8, 4) is 16.9 Å². The molecule has 6 heteroatoms. The molecule has 0 bridgehead atoms. The summed E-state index contributed by atoms with van der Waals surface area (Å²) < 4.78 is 10.7. The molecule has 0 atom stereocenters. The van der Waals surface area contributed by atoms with Gasteiger partial charge in [-0.25, -0.2) is 4.79 Å². The molecule has 2 aromatic carbocycles. The number of rotatable bonds is 7. The second-order valence-electron chi connectivity index (χ2n) is 8.38. The Bertz CT molecular complexity index is 1150. The van der Waals surface area contributed by atoms with Crippen LogP contribution >= 0.6 is 0 Å². The molecule has 162 valence electrons. The number of ether oxygens (including phenoxy) is 1. The van der Waals surface area contributed by atoms with Gasteiger partial charge in [0.25, 0.3) is 0 Å². The van der Waals surface area contributed by atoms with Crippen LogP contribution in [0.3, 0.4) is 0 Å². The predicted octanol–water partition coefficient (Wildman–Crippen LogP) is 5.25. The number of ketones is 1. The van der Waals surface area contributed by atoms with E-state index in [4.69, 9.17) is 9.15 Å². The first-order valence-electron chi connectivity index (χ1n) is 10.3. The molecule has 0 saturated heterocycles. The van der Waals surface area contributed by atoms with E-state index in [1.807, 2.05) is 30.3 Å². The summed E-state index contributed by atoms with van der Waals surface area (Å²) in [7, 11) is 0. The van der Waals surface area contributed by atoms with Crippen molar-refractivity contribution in [1.82, 2.24) is 0 Å². The summed E-state index contributed by atoms with van der Waals surface area (Å²) in [6.45, 7) is 5.37. The number of fused-ring (bicyclic) bond motifs is 1. The average molecular weight is 422 g/mol. The molecule has 0 saturated carbocycles. The number of esters is 1. The van der Waals surface area contributed by atoms with Crippen molar-refractivity contribution in [1.29, 1.82) is 0 Å². The summed E-state index contributed by atoms with van der Waals surface area (Å²) >= 11 is 0. The quantitative estimate of drug-likeness (QED) is 0.242. The van der Waals surface area contributed by atoms with E-state index in [9.17, 15) is 19.5 Å². The topological polar surface area (TPSA) is 93.8 Å². The van der Waals surface area contributed by atoms with Crippen molar-refractivity contribution >= 4 is 22.7 Å². The van der Waals surface area contributed by atoms with Gasteiger partial charge in [0.15, 0.2) is 5.78 Å². The van der Waals surface area contributed by atoms with Gasteiger partial charge in [0.1, 0.15) is 22.5 Å². The molecule has 0 aliphatic carbocycles. The highest BCUT2D eigenvalue weighted by Crippen LogP contribution is 2.34. The highest BCUT2D eigenvalue weighted by atomic mass is 16.6. The highest BCUT2D eigenvalue weighted by molar-refractivity contribution is 6.05. The molecule has 0 aliphatic heterocycles. The number of benzene rings is 2. The fourth-order valence-corrected chi connectivity index (χ4v) is 3.37. The number of unbranched alkanes of at least 4 members (excludes halogenated alkanes) is 1. The van der Waals surface area contributed by atoms with Gasteiger partial charge in [-0.05, 0) is 45.2 Å². The molecular weight excluding hydrogens is 396 g/mol. The van der Waals surface area contributed by atoms with Crippen LogP contribution < -0.4 is 5.63 Å². The van der Waals surface area contributed by atoms with Crippen LogP contribution in [-0.4, -0.2) is 22.5 Å². The molecule has 31 heavy (non-hydrogen) atoms. The molecule has 0 fully saturated rings. The summed E-state index contributed by atoms with van der Waals surface area (Å²) in [5.41, 5.74) is -0.0571. The Hall–Kier alpha value is -3.41.